The first kappa shape index (κ1) is 9.21. The molecular weight excluding hydrogens is 208 g/mol. The zero-order chi connectivity index (χ0) is 11.3. The fourth-order valence-electron chi connectivity index (χ4n) is 1.98. The molecule has 1 fully saturated rings. The van der Waals surface area contributed by atoms with E-state index in [1.807, 2.05) is 0 Å². The maximum absolute atomic E-state index is 11.7. The lowest BCUT2D eigenvalue weighted by Gasteiger charge is -2.27. The number of amides is 1. The Labute approximate surface area is 91.5 Å². The number of anilines is 2. The molecule has 16 heavy (non-hydrogen) atoms. The maximum Gasteiger partial charge on any atom is 0.337 e. The Bertz CT molecular complexity index is 506. The van der Waals surface area contributed by atoms with Crippen LogP contribution < -0.4 is 10.6 Å². The van der Waals surface area contributed by atoms with Crippen LogP contribution in [0.5, 0.6) is 0 Å². The van der Waals surface area contributed by atoms with E-state index in [9.17, 15) is 9.59 Å². The number of carbonyl (C=O) groups excluding carboxylic acids is 1. The number of nitrogens with one attached hydrogen (secondary N) is 2. The van der Waals surface area contributed by atoms with E-state index in [2.05, 4.69) is 10.6 Å². The summed E-state index contributed by atoms with van der Waals surface area (Å²) in [7, 11) is 0. The minimum atomic E-state index is -0.990. The second kappa shape index (κ2) is 2.75. The van der Waals surface area contributed by atoms with Crippen LogP contribution in [-0.2, 0) is 4.79 Å². The topological polar surface area (TPSA) is 78.4 Å². The quantitative estimate of drug-likeness (QED) is 0.663. The van der Waals surface area contributed by atoms with Gasteiger partial charge in [0, 0.05) is 0 Å². The molecule has 1 amide bonds. The summed E-state index contributed by atoms with van der Waals surface area (Å²) in [5.41, 5.74) is 0.705. The van der Waals surface area contributed by atoms with Gasteiger partial charge in [-0.3, -0.25) is 4.79 Å². The van der Waals surface area contributed by atoms with Crippen LogP contribution in [0.15, 0.2) is 18.2 Å². The SMILES string of the molecule is O=C(O)c1cccc2c1NC1(CC1)C(=O)N2. The van der Waals surface area contributed by atoms with Crippen LogP contribution in [0.1, 0.15) is 23.2 Å². The van der Waals surface area contributed by atoms with Crippen molar-refractivity contribution >= 4 is 23.3 Å². The molecule has 0 aromatic heterocycles. The van der Waals surface area contributed by atoms with Gasteiger partial charge in [-0.1, -0.05) is 6.07 Å². The van der Waals surface area contributed by atoms with Crippen LogP contribution in [0, 0.1) is 0 Å². The second-order valence-electron chi connectivity index (χ2n) is 4.19. The molecule has 0 saturated heterocycles. The molecule has 1 heterocycles. The third-order valence-corrected chi connectivity index (χ3v) is 3.09. The van der Waals surface area contributed by atoms with Crippen molar-refractivity contribution in [2.45, 2.75) is 18.4 Å². The fraction of sp³-hybridized carbons (Fsp3) is 0.273. The fourth-order valence-corrected chi connectivity index (χ4v) is 1.98. The molecule has 3 N–H and O–H groups in total. The molecule has 5 heteroatoms. The van der Waals surface area contributed by atoms with Gasteiger partial charge in [0.2, 0.25) is 5.91 Å². The number of hydrogen-bond donors (Lipinski definition) is 3. The Morgan fingerprint density at radius 1 is 1.38 bits per heavy atom. The summed E-state index contributed by atoms with van der Waals surface area (Å²) < 4.78 is 0. The zero-order valence-corrected chi connectivity index (χ0v) is 8.41. The standard InChI is InChI=1S/C11H10N2O3/c14-9(15)6-2-1-3-7-8(6)13-11(4-5-11)10(16)12-7/h1-3,13H,4-5H2,(H,12,16)(H,14,15). The number of fused-ring (bicyclic) bond motifs is 1. The predicted octanol–water partition coefficient (Wildman–Crippen LogP) is 1.28. The second-order valence-corrected chi connectivity index (χ2v) is 4.19. The number of hydrogen-bond acceptors (Lipinski definition) is 3. The van der Waals surface area contributed by atoms with E-state index in [1.165, 1.54) is 6.07 Å². The highest BCUT2D eigenvalue weighted by Crippen LogP contribution is 2.45. The van der Waals surface area contributed by atoms with Crippen LogP contribution in [0.2, 0.25) is 0 Å². The Morgan fingerprint density at radius 2 is 2.12 bits per heavy atom. The highest BCUT2D eigenvalue weighted by molar-refractivity contribution is 6.11. The van der Waals surface area contributed by atoms with Gasteiger partial charge in [0.25, 0.3) is 0 Å². The van der Waals surface area contributed by atoms with E-state index in [0.29, 0.717) is 11.4 Å². The van der Waals surface area contributed by atoms with E-state index >= 15 is 0 Å². The third kappa shape index (κ3) is 1.11. The number of para-hydroxylation sites is 1. The molecule has 1 saturated carbocycles. The Hall–Kier alpha value is -2.04. The van der Waals surface area contributed by atoms with Crippen LogP contribution in [0.3, 0.4) is 0 Å². The molecular formula is C11H10N2O3. The summed E-state index contributed by atoms with van der Waals surface area (Å²) in [5.74, 6) is -1.06. The van der Waals surface area contributed by atoms with Crippen LogP contribution in [-0.4, -0.2) is 22.5 Å². The van der Waals surface area contributed by atoms with Crippen molar-refractivity contribution in [3.8, 4) is 0 Å². The average molecular weight is 218 g/mol. The highest BCUT2D eigenvalue weighted by atomic mass is 16.4. The van der Waals surface area contributed by atoms with Gasteiger partial charge < -0.3 is 15.7 Å². The van der Waals surface area contributed by atoms with Crippen molar-refractivity contribution in [1.29, 1.82) is 0 Å². The normalized spacial score (nSPS) is 19.6. The molecule has 1 aliphatic heterocycles. The summed E-state index contributed by atoms with van der Waals surface area (Å²) in [6.07, 6.45) is 1.51. The van der Waals surface area contributed by atoms with Gasteiger partial charge in [-0.2, -0.15) is 0 Å². The summed E-state index contributed by atoms with van der Waals surface area (Å²) in [6, 6.07) is 4.85. The van der Waals surface area contributed by atoms with Crippen molar-refractivity contribution < 1.29 is 14.7 Å². The molecule has 1 spiro atoms. The molecule has 2 aliphatic rings. The van der Waals surface area contributed by atoms with E-state index in [1.54, 1.807) is 12.1 Å². The van der Waals surface area contributed by atoms with E-state index in [4.69, 9.17) is 5.11 Å². The largest absolute Gasteiger partial charge is 0.478 e. The lowest BCUT2D eigenvalue weighted by molar-refractivity contribution is -0.117. The number of carboxylic acid groups (broad SMARTS) is 1. The average Bonchev–Trinajstić information content (AvgIpc) is 3.00. The maximum atomic E-state index is 11.7. The van der Waals surface area contributed by atoms with Gasteiger partial charge >= 0.3 is 5.97 Å². The van der Waals surface area contributed by atoms with E-state index < -0.39 is 11.5 Å². The first-order valence-electron chi connectivity index (χ1n) is 5.08. The molecule has 3 rings (SSSR count). The van der Waals surface area contributed by atoms with Gasteiger partial charge in [-0.05, 0) is 25.0 Å². The minimum absolute atomic E-state index is 0.0671. The van der Waals surface area contributed by atoms with Crippen LogP contribution >= 0.6 is 0 Å². The van der Waals surface area contributed by atoms with Crippen molar-refractivity contribution in [3.05, 3.63) is 23.8 Å². The number of carbonyl (C=O) groups is 2. The van der Waals surface area contributed by atoms with Crippen molar-refractivity contribution in [2.75, 3.05) is 10.6 Å². The molecule has 1 aromatic carbocycles. The first-order chi connectivity index (χ1) is 7.62. The highest BCUT2D eigenvalue weighted by Gasteiger charge is 2.52. The molecule has 0 unspecified atom stereocenters. The van der Waals surface area contributed by atoms with Crippen molar-refractivity contribution in [2.24, 2.45) is 0 Å². The number of rotatable bonds is 1. The molecule has 0 bridgehead atoms. The predicted molar refractivity (Wildman–Crippen MR) is 57.6 cm³/mol. The molecule has 0 atom stereocenters. The lowest BCUT2D eigenvalue weighted by atomic mass is 10.1. The van der Waals surface area contributed by atoms with Crippen molar-refractivity contribution in [1.82, 2.24) is 0 Å². The molecule has 1 aliphatic carbocycles. The smallest absolute Gasteiger partial charge is 0.337 e. The van der Waals surface area contributed by atoms with Gasteiger partial charge in [0.1, 0.15) is 5.54 Å². The van der Waals surface area contributed by atoms with Gasteiger partial charge in [-0.15, -0.1) is 0 Å². The summed E-state index contributed by atoms with van der Waals surface area (Å²) in [5, 5.41) is 14.8. The van der Waals surface area contributed by atoms with Gasteiger partial charge in [0.05, 0.1) is 16.9 Å². The number of carboxylic acids is 1. The summed E-state index contributed by atoms with van der Waals surface area (Å²) >= 11 is 0. The number of benzene rings is 1. The molecule has 1 aromatic rings. The molecule has 82 valence electrons. The Balaban J connectivity index is 2.13. The summed E-state index contributed by atoms with van der Waals surface area (Å²) in [4.78, 5) is 22.7. The number of aromatic carboxylic acids is 1. The van der Waals surface area contributed by atoms with Gasteiger partial charge in [-0.25, -0.2) is 4.79 Å². The Kier molecular flexibility index (Phi) is 1.58. The molecule has 5 nitrogen and oxygen atoms in total. The third-order valence-electron chi connectivity index (χ3n) is 3.09. The van der Waals surface area contributed by atoms with Crippen molar-refractivity contribution in [3.63, 3.8) is 0 Å². The zero-order valence-electron chi connectivity index (χ0n) is 8.41. The summed E-state index contributed by atoms with van der Waals surface area (Å²) in [6.45, 7) is 0. The van der Waals surface area contributed by atoms with Gasteiger partial charge in [0.15, 0.2) is 0 Å². The molecule has 0 radical (unpaired) electrons. The lowest BCUT2D eigenvalue weighted by Crippen LogP contribution is -2.41. The van der Waals surface area contributed by atoms with Crippen LogP contribution in [0.4, 0.5) is 11.4 Å². The first-order valence-corrected chi connectivity index (χ1v) is 5.08. The minimum Gasteiger partial charge on any atom is -0.478 e. The van der Waals surface area contributed by atoms with Crippen LogP contribution in [0.25, 0.3) is 0 Å². The van der Waals surface area contributed by atoms with E-state index in [0.717, 1.165) is 12.8 Å². The Morgan fingerprint density at radius 3 is 2.75 bits per heavy atom. The van der Waals surface area contributed by atoms with E-state index in [-0.39, 0.29) is 11.5 Å². The monoisotopic (exact) mass is 218 g/mol.